The van der Waals surface area contributed by atoms with Gasteiger partial charge in [0, 0.05) is 0 Å². The summed E-state index contributed by atoms with van der Waals surface area (Å²) in [6, 6.07) is 0. The van der Waals surface area contributed by atoms with E-state index < -0.39 is 0 Å². The minimum absolute atomic E-state index is 1.18. The molecule has 0 aromatic carbocycles. The van der Waals surface area contributed by atoms with Crippen molar-refractivity contribution in [1.82, 2.24) is 0 Å². The van der Waals surface area contributed by atoms with Crippen LogP contribution < -0.4 is 0 Å². The van der Waals surface area contributed by atoms with Crippen molar-refractivity contribution in [2.45, 2.75) is 33.1 Å². The summed E-state index contributed by atoms with van der Waals surface area (Å²) in [5, 5.41) is 0. The molecule has 0 bridgehead atoms. The monoisotopic (exact) mass is 98.1 g/mol. The molecule has 0 heteroatoms. The second-order valence-electron chi connectivity index (χ2n) is 1.67. The van der Waals surface area contributed by atoms with E-state index in [1.54, 1.807) is 0 Å². The van der Waals surface area contributed by atoms with Crippen molar-refractivity contribution in [2.24, 2.45) is 0 Å². The Balaban J connectivity index is 2.78. The number of hydrogen-bond acceptors (Lipinski definition) is 0. The van der Waals surface area contributed by atoms with Crippen LogP contribution in [-0.4, -0.2) is 0 Å². The van der Waals surface area contributed by atoms with Crippen molar-refractivity contribution >= 4 is 0 Å². The molecule has 0 aliphatic heterocycles. The van der Waals surface area contributed by atoms with Crippen LogP contribution in [0.2, 0.25) is 0 Å². The molecule has 0 aliphatic rings. The van der Waals surface area contributed by atoms with Crippen LogP contribution in [0.25, 0.3) is 0 Å². The van der Waals surface area contributed by atoms with E-state index in [2.05, 4.69) is 26.0 Å². The molecule has 0 saturated heterocycles. The van der Waals surface area contributed by atoms with Gasteiger partial charge < -0.3 is 0 Å². The molecule has 7 heavy (non-hydrogen) atoms. The summed E-state index contributed by atoms with van der Waals surface area (Å²) >= 11 is 0. The summed E-state index contributed by atoms with van der Waals surface area (Å²) in [6.07, 6.45) is 8.15. The lowest BCUT2D eigenvalue weighted by Crippen LogP contribution is -1.58. The normalized spacial score (nSPS) is 10.6. The van der Waals surface area contributed by atoms with Crippen LogP contribution in [0, 0.1) is 0 Å². The van der Waals surface area contributed by atoms with E-state index in [0.29, 0.717) is 0 Å². The third-order valence-electron chi connectivity index (χ3n) is 0.858. The van der Waals surface area contributed by atoms with Crippen LogP contribution in [0.5, 0.6) is 0 Å². The molecule has 0 aliphatic carbocycles. The molecule has 0 unspecified atom stereocenters. The highest BCUT2D eigenvalue weighted by Crippen LogP contribution is 1.88. The largest absolute Gasteiger partial charge is 0.0888 e. The molecule has 42 valence electrons. The predicted octanol–water partition coefficient (Wildman–Crippen LogP) is 2.75. The van der Waals surface area contributed by atoms with Crippen LogP contribution in [0.3, 0.4) is 0 Å². The molecule has 0 fully saturated rings. The lowest BCUT2D eigenvalue weighted by Gasteiger charge is -1.79. The maximum Gasteiger partial charge on any atom is -0.0353 e. The highest BCUT2D eigenvalue weighted by Gasteiger charge is 1.68. The third kappa shape index (κ3) is 5.74. The molecule has 0 N–H and O–H groups in total. The molecule has 0 spiro atoms. The smallest absolute Gasteiger partial charge is 0.0353 e. The van der Waals surface area contributed by atoms with Gasteiger partial charge >= 0.3 is 0 Å². The fourth-order valence-corrected chi connectivity index (χ4v) is 0.451. The van der Waals surface area contributed by atoms with Crippen molar-refractivity contribution in [3.05, 3.63) is 12.2 Å². The Morgan fingerprint density at radius 2 is 1.86 bits per heavy atom. The zero-order chi connectivity index (χ0) is 5.54. The van der Waals surface area contributed by atoms with Gasteiger partial charge in [-0.05, 0) is 12.8 Å². The van der Waals surface area contributed by atoms with Gasteiger partial charge in [0.1, 0.15) is 0 Å². The Kier molecular flexibility index (Phi) is 5.53. The minimum Gasteiger partial charge on any atom is -0.0888 e. The minimum atomic E-state index is 1.18. The van der Waals surface area contributed by atoms with Gasteiger partial charge in [-0.3, -0.25) is 0 Å². The van der Waals surface area contributed by atoms with Gasteiger partial charge in [0.2, 0.25) is 0 Å². The summed E-state index contributed by atoms with van der Waals surface area (Å²) in [5.74, 6) is 0. The number of hydrogen-bond donors (Lipinski definition) is 0. The van der Waals surface area contributed by atoms with Gasteiger partial charge in [0.25, 0.3) is 0 Å². The average molecular weight is 98.2 g/mol. The van der Waals surface area contributed by atoms with E-state index in [4.69, 9.17) is 0 Å². The summed E-state index contributed by atoms with van der Waals surface area (Å²) in [7, 11) is 0. The van der Waals surface area contributed by atoms with E-state index in [1.165, 1.54) is 19.3 Å². The topological polar surface area (TPSA) is 0 Å². The van der Waals surface area contributed by atoms with Crippen molar-refractivity contribution in [3.63, 3.8) is 0 Å². The zero-order valence-electron chi connectivity index (χ0n) is 5.28. The maximum atomic E-state index is 2.24. The summed E-state index contributed by atoms with van der Waals surface area (Å²) in [5.41, 5.74) is 0. The molecule has 0 saturated carbocycles. The maximum absolute atomic E-state index is 2.24. The summed E-state index contributed by atoms with van der Waals surface area (Å²) in [4.78, 5) is 0. The van der Waals surface area contributed by atoms with Crippen LogP contribution in [-0.2, 0) is 0 Å². The van der Waals surface area contributed by atoms with Crippen molar-refractivity contribution in [3.8, 4) is 0 Å². The number of rotatable bonds is 3. The van der Waals surface area contributed by atoms with Crippen LogP contribution in [0.1, 0.15) is 33.1 Å². The van der Waals surface area contributed by atoms with Crippen LogP contribution in [0.15, 0.2) is 12.2 Å². The molecule has 0 aromatic rings. The first kappa shape index (κ1) is 6.74. The molecule has 0 rings (SSSR count). The fourth-order valence-electron chi connectivity index (χ4n) is 0.451. The molecule has 0 nitrogen and oxygen atoms in total. The van der Waals surface area contributed by atoms with Gasteiger partial charge in [0.05, 0.1) is 0 Å². The van der Waals surface area contributed by atoms with Crippen molar-refractivity contribution < 1.29 is 0 Å². The second-order valence-corrected chi connectivity index (χ2v) is 1.67. The lowest BCUT2D eigenvalue weighted by molar-refractivity contribution is 0.952. The van der Waals surface area contributed by atoms with Gasteiger partial charge in [0.15, 0.2) is 0 Å². The van der Waals surface area contributed by atoms with E-state index >= 15 is 0 Å². The highest BCUT2D eigenvalue weighted by atomic mass is 13.7. The van der Waals surface area contributed by atoms with Crippen molar-refractivity contribution in [2.75, 3.05) is 0 Å². The standard InChI is InChI=1S/C7H14/c1-3-5-7-6-4-2/h5,7H,3-4,6H2,1-2H3/b7-5-. The van der Waals surface area contributed by atoms with Gasteiger partial charge in [-0.2, -0.15) is 0 Å². The summed E-state index contributed by atoms with van der Waals surface area (Å²) < 4.78 is 0. The third-order valence-corrected chi connectivity index (χ3v) is 0.858. The Morgan fingerprint density at radius 3 is 2.29 bits per heavy atom. The first-order valence-electron chi connectivity index (χ1n) is 3.06. The Bertz CT molecular complexity index is 44.0. The van der Waals surface area contributed by atoms with E-state index in [1.807, 2.05) is 0 Å². The first-order valence-corrected chi connectivity index (χ1v) is 3.06. The van der Waals surface area contributed by atoms with E-state index in [-0.39, 0.29) is 0 Å². The SMILES string of the molecule is CC/C=C\CCC. The molecular formula is C7H14. The second kappa shape index (κ2) is 5.74. The Morgan fingerprint density at radius 1 is 1.14 bits per heavy atom. The first-order chi connectivity index (χ1) is 3.41. The molecule has 0 heterocycles. The van der Waals surface area contributed by atoms with Gasteiger partial charge in [-0.25, -0.2) is 0 Å². The van der Waals surface area contributed by atoms with Gasteiger partial charge in [-0.15, -0.1) is 0 Å². The number of unbranched alkanes of at least 4 members (excludes halogenated alkanes) is 1. The van der Waals surface area contributed by atoms with E-state index in [9.17, 15) is 0 Å². The zero-order valence-corrected chi connectivity index (χ0v) is 5.28. The molecular weight excluding hydrogens is 84.1 g/mol. The van der Waals surface area contributed by atoms with Crippen LogP contribution in [0.4, 0.5) is 0 Å². The average Bonchev–Trinajstić information content (AvgIpc) is 1.69. The Hall–Kier alpha value is -0.260. The number of allylic oxidation sites excluding steroid dienone is 2. The fraction of sp³-hybridized carbons (Fsp3) is 0.714. The quantitative estimate of drug-likeness (QED) is 0.476. The molecule has 0 radical (unpaired) electrons. The predicted molar refractivity (Wildman–Crippen MR) is 34.3 cm³/mol. The summed E-state index contributed by atoms with van der Waals surface area (Å²) in [6.45, 7) is 4.35. The molecule has 0 atom stereocenters. The molecule has 0 amide bonds. The molecule has 0 aromatic heterocycles. The van der Waals surface area contributed by atoms with Crippen molar-refractivity contribution in [1.29, 1.82) is 0 Å². The highest BCUT2D eigenvalue weighted by molar-refractivity contribution is 4.78. The van der Waals surface area contributed by atoms with E-state index in [0.717, 1.165) is 0 Å². The van der Waals surface area contributed by atoms with Gasteiger partial charge in [-0.1, -0.05) is 32.4 Å². The lowest BCUT2D eigenvalue weighted by atomic mass is 10.3. The Labute approximate surface area is 46.2 Å². The van der Waals surface area contributed by atoms with Crippen LogP contribution >= 0.6 is 0 Å².